The molecular weight excluding hydrogens is 300 g/mol. The lowest BCUT2D eigenvalue weighted by Gasteiger charge is -2.28. The molecule has 24 heavy (non-hydrogen) atoms. The van der Waals surface area contributed by atoms with E-state index >= 15 is 0 Å². The maximum absolute atomic E-state index is 11.4. The normalized spacial score (nSPS) is 13.7. The molecule has 3 nitrogen and oxygen atoms in total. The number of aryl methyl sites for hydroxylation is 1. The van der Waals surface area contributed by atoms with Crippen molar-refractivity contribution in [1.82, 2.24) is 0 Å². The number of rotatable bonds is 5. The van der Waals surface area contributed by atoms with Crippen LogP contribution in [0.2, 0.25) is 0 Å². The molecule has 1 atom stereocenters. The van der Waals surface area contributed by atoms with Crippen LogP contribution in [0, 0.1) is 0 Å². The summed E-state index contributed by atoms with van der Waals surface area (Å²) in [4.78, 5) is 11.4. The summed E-state index contributed by atoms with van der Waals surface area (Å²) < 4.78 is 5.35. The van der Waals surface area contributed by atoms with Gasteiger partial charge in [-0.2, -0.15) is 0 Å². The smallest absolute Gasteiger partial charge is 0.305 e. The summed E-state index contributed by atoms with van der Waals surface area (Å²) in [6.45, 7) is 16.4. The Morgan fingerprint density at radius 2 is 1.54 bits per heavy atom. The van der Waals surface area contributed by atoms with Crippen LogP contribution in [0.25, 0.3) is 0 Å². The van der Waals surface area contributed by atoms with Gasteiger partial charge in [-0.3, -0.25) is 4.79 Å². The third-order valence-corrected chi connectivity index (χ3v) is 4.25. The van der Waals surface area contributed by atoms with Gasteiger partial charge in [0.15, 0.2) is 0 Å². The maximum atomic E-state index is 11.4. The van der Waals surface area contributed by atoms with Gasteiger partial charge in [0, 0.05) is 6.42 Å². The van der Waals surface area contributed by atoms with Gasteiger partial charge < -0.3 is 9.84 Å². The first kappa shape index (κ1) is 20.5. The van der Waals surface area contributed by atoms with Crippen LogP contribution in [-0.4, -0.2) is 17.2 Å². The molecule has 0 aliphatic heterocycles. The fourth-order valence-corrected chi connectivity index (χ4v) is 2.72. The molecule has 0 aliphatic carbocycles. The summed E-state index contributed by atoms with van der Waals surface area (Å²) in [5.74, 6) is 0.253. The van der Waals surface area contributed by atoms with E-state index in [-0.39, 0.29) is 22.9 Å². The number of hydrogen-bond donors (Lipinski definition) is 1. The number of aromatic hydroxyl groups is 1. The van der Waals surface area contributed by atoms with Gasteiger partial charge in [-0.25, -0.2) is 0 Å². The minimum Gasteiger partial charge on any atom is -0.507 e. The van der Waals surface area contributed by atoms with E-state index in [0.29, 0.717) is 12.2 Å². The predicted octanol–water partition coefficient (Wildman–Crippen LogP) is 5.26. The van der Waals surface area contributed by atoms with Crippen molar-refractivity contribution >= 4 is 5.97 Å². The Labute approximate surface area is 147 Å². The van der Waals surface area contributed by atoms with Crippen molar-refractivity contribution in [2.75, 3.05) is 0 Å². The molecule has 0 aromatic heterocycles. The van der Waals surface area contributed by atoms with Crippen molar-refractivity contribution in [3.8, 4) is 5.75 Å². The van der Waals surface area contributed by atoms with Crippen LogP contribution < -0.4 is 0 Å². The third kappa shape index (κ3) is 5.54. The highest BCUT2D eigenvalue weighted by Gasteiger charge is 2.26. The molecule has 136 valence electrons. The van der Waals surface area contributed by atoms with Gasteiger partial charge >= 0.3 is 5.97 Å². The number of esters is 1. The minimum atomic E-state index is -0.154. The highest BCUT2D eigenvalue weighted by molar-refractivity contribution is 5.69. The molecule has 0 amide bonds. The molecule has 1 unspecified atom stereocenters. The lowest BCUT2D eigenvalue weighted by Crippen LogP contribution is -2.18. The van der Waals surface area contributed by atoms with Gasteiger partial charge in [0.25, 0.3) is 0 Å². The molecule has 0 saturated heterocycles. The molecular formula is C21H34O3. The first-order valence-electron chi connectivity index (χ1n) is 8.92. The SMILES string of the molecule is CCC(=O)OC(C)CCc1cc(C(C)(C)C)c(O)c(C(C)(C)C)c1. The van der Waals surface area contributed by atoms with Gasteiger partial charge in [0.1, 0.15) is 5.75 Å². The van der Waals surface area contributed by atoms with Crippen LogP contribution >= 0.6 is 0 Å². The zero-order valence-corrected chi connectivity index (χ0v) is 16.6. The summed E-state index contributed by atoms with van der Waals surface area (Å²) in [6.07, 6.45) is 1.92. The number of hydrogen-bond acceptors (Lipinski definition) is 3. The molecule has 1 rings (SSSR count). The molecule has 0 heterocycles. The molecule has 0 spiro atoms. The first-order valence-corrected chi connectivity index (χ1v) is 8.92. The van der Waals surface area contributed by atoms with E-state index < -0.39 is 0 Å². The van der Waals surface area contributed by atoms with Crippen molar-refractivity contribution in [1.29, 1.82) is 0 Å². The molecule has 0 aliphatic rings. The average Bonchev–Trinajstić information content (AvgIpc) is 2.43. The van der Waals surface area contributed by atoms with Gasteiger partial charge in [0.05, 0.1) is 6.10 Å². The van der Waals surface area contributed by atoms with E-state index in [1.165, 1.54) is 5.56 Å². The van der Waals surface area contributed by atoms with E-state index in [0.717, 1.165) is 24.0 Å². The van der Waals surface area contributed by atoms with Crippen LogP contribution in [0.1, 0.15) is 84.9 Å². The van der Waals surface area contributed by atoms with E-state index in [9.17, 15) is 9.90 Å². The second-order valence-corrected chi connectivity index (χ2v) is 8.73. The molecule has 1 aromatic carbocycles. The largest absolute Gasteiger partial charge is 0.507 e. The molecule has 1 N–H and O–H groups in total. The Hall–Kier alpha value is -1.51. The summed E-state index contributed by atoms with van der Waals surface area (Å²) in [6, 6.07) is 4.19. The average molecular weight is 335 g/mol. The van der Waals surface area contributed by atoms with E-state index in [4.69, 9.17) is 4.74 Å². The van der Waals surface area contributed by atoms with Crippen LogP contribution in [0.5, 0.6) is 5.75 Å². The summed E-state index contributed by atoms with van der Waals surface area (Å²) >= 11 is 0. The van der Waals surface area contributed by atoms with Crippen LogP contribution in [0.15, 0.2) is 12.1 Å². The van der Waals surface area contributed by atoms with Crippen molar-refractivity contribution in [3.05, 3.63) is 28.8 Å². The summed E-state index contributed by atoms with van der Waals surface area (Å²) in [7, 11) is 0. The Balaban J connectivity index is 3.09. The highest BCUT2D eigenvalue weighted by Crippen LogP contribution is 2.40. The van der Waals surface area contributed by atoms with E-state index in [1.807, 2.05) is 6.92 Å². The van der Waals surface area contributed by atoms with Gasteiger partial charge in [-0.15, -0.1) is 0 Å². The van der Waals surface area contributed by atoms with Crippen molar-refractivity contribution in [2.45, 2.75) is 91.6 Å². The number of carbonyl (C=O) groups is 1. The van der Waals surface area contributed by atoms with Crippen molar-refractivity contribution in [2.24, 2.45) is 0 Å². The van der Waals surface area contributed by atoms with E-state index in [1.54, 1.807) is 6.92 Å². The third-order valence-electron chi connectivity index (χ3n) is 4.25. The fraction of sp³-hybridized carbons (Fsp3) is 0.667. The van der Waals surface area contributed by atoms with Gasteiger partial charge in [-0.1, -0.05) is 60.6 Å². The Kier molecular flexibility index (Phi) is 6.49. The van der Waals surface area contributed by atoms with E-state index in [2.05, 4.69) is 53.7 Å². The number of ether oxygens (including phenoxy) is 1. The molecule has 1 aromatic rings. The van der Waals surface area contributed by atoms with Crippen molar-refractivity contribution < 1.29 is 14.6 Å². The van der Waals surface area contributed by atoms with Gasteiger partial charge in [0.2, 0.25) is 0 Å². The van der Waals surface area contributed by atoms with Crippen LogP contribution in [0.3, 0.4) is 0 Å². The summed E-state index contributed by atoms with van der Waals surface area (Å²) in [5.41, 5.74) is 2.88. The van der Waals surface area contributed by atoms with Crippen molar-refractivity contribution in [3.63, 3.8) is 0 Å². The zero-order chi connectivity index (χ0) is 18.7. The topological polar surface area (TPSA) is 46.5 Å². The maximum Gasteiger partial charge on any atom is 0.305 e. The quantitative estimate of drug-likeness (QED) is 0.747. The molecule has 3 heteroatoms. The Morgan fingerprint density at radius 3 is 1.92 bits per heavy atom. The highest BCUT2D eigenvalue weighted by atomic mass is 16.5. The minimum absolute atomic E-state index is 0.0950. The zero-order valence-electron chi connectivity index (χ0n) is 16.6. The lowest BCUT2D eigenvalue weighted by molar-refractivity contribution is -0.148. The molecule has 0 fully saturated rings. The number of benzene rings is 1. The van der Waals surface area contributed by atoms with Crippen LogP contribution in [0.4, 0.5) is 0 Å². The van der Waals surface area contributed by atoms with Crippen LogP contribution in [-0.2, 0) is 26.8 Å². The molecule has 0 bridgehead atoms. The molecule has 0 radical (unpaired) electrons. The number of phenols is 1. The summed E-state index contributed by atoms with van der Waals surface area (Å²) in [5, 5.41) is 10.7. The predicted molar refractivity (Wildman–Crippen MR) is 99.7 cm³/mol. The molecule has 0 saturated carbocycles. The lowest BCUT2D eigenvalue weighted by atomic mass is 9.78. The number of carbonyl (C=O) groups excluding carboxylic acids is 1. The number of phenolic OH excluding ortho intramolecular Hbond substituents is 1. The second kappa shape index (κ2) is 7.58. The standard InChI is InChI=1S/C21H34O3/c1-9-18(22)24-14(2)10-11-15-12-16(20(3,4)5)19(23)17(13-15)21(6,7)8/h12-14,23H,9-11H2,1-8H3. The Bertz CT molecular complexity index is 539. The fourth-order valence-electron chi connectivity index (χ4n) is 2.72. The first-order chi connectivity index (χ1) is 10.9. The Morgan fingerprint density at radius 1 is 1.08 bits per heavy atom. The second-order valence-electron chi connectivity index (χ2n) is 8.73. The van der Waals surface area contributed by atoms with Gasteiger partial charge in [-0.05, 0) is 47.3 Å². The monoisotopic (exact) mass is 334 g/mol.